The van der Waals surface area contributed by atoms with Crippen molar-refractivity contribution in [2.45, 2.75) is 19.4 Å². The first kappa shape index (κ1) is 9.03. The molecule has 0 fully saturated rings. The zero-order chi connectivity index (χ0) is 9.26. The molecule has 0 saturated carbocycles. The van der Waals surface area contributed by atoms with Crippen molar-refractivity contribution in [3.05, 3.63) is 27.7 Å². The van der Waals surface area contributed by atoms with E-state index in [0.29, 0.717) is 0 Å². The Morgan fingerprint density at radius 2 is 2.23 bits per heavy atom. The van der Waals surface area contributed by atoms with Crippen LogP contribution in [0.1, 0.15) is 17.5 Å². The average Bonchev–Trinajstić information content (AvgIpc) is 2.36. The van der Waals surface area contributed by atoms with Crippen LogP contribution in [0.3, 0.4) is 0 Å². The van der Waals surface area contributed by atoms with E-state index in [2.05, 4.69) is 27.3 Å². The van der Waals surface area contributed by atoms with Crippen molar-refractivity contribution in [3.8, 4) is 0 Å². The molecule has 0 aliphatic carbocycles. The Kier molecular flexibility index (Phi) is 2.56. The van der Waals surface area contributed by atoms with E-state index in [4.69, 9.17) is 5.73 Å². The minimum absolute atomic E-state index is 0.895. The predicted octanol–water partition coefficient (Wildman–Crippen LogP) is 2.07. The third-order valence-electron chi connectivity index (χ3n) is 2.50. The number of anilines is 1. The number of fused-ring (bicyclic) bond motifs is 1. The number of nitrogens with two attached hydrogens (primary N) is 1. The van der Waals surface area contributed by atoms with Crippen LogP contribution in [0.4, 0.5) is 5.69 Å². The van der Waals surface area contributed by atoms with Crippen LogP contribution in [-0.4, -0.2) is 6.54 Å². The lowest BCUT2D eigenvalue weighted by Crippen LogP contribution is -2.13. The second-order valence-electron chi connectivity index (χ2n) is 3.38. The third-order valence-corrected chi connectivity index (χ3v) is 3.19. The molecular formula is C10H13BrN2. The predicted molar refractivity (Wildman–Crippen MR) is 58.6 cm³/mol. The van der Waals surface area contributed by atoms with Gasteiger partial charge in [0.1, 0.15) is 0 Å². The van der Waals surface area contributed by atoms with Crippen molar-refractivity contribution in [2.75, 3.05) is 12.3 Å². The molecule has 0 saturated heterocycles. The molecule has 0 amide bonds. The Morgan fingerprint density at radius 3 is 3.08 bits per heavy atom. The van der Waals surface area contributed by atoms with Crippen LogP contribution >= 0.6 is 15.9 Å². The van der Waals surface area contributed by atoms with Gasteiger partial charge in [-0.25, -0.2) is 0 Å². The molecule has 2 rings (SSSR count). The molecule has 0 radical (unpaired) electrons. The Balaban J connectivity index is 2.48. The van der Waals surface area contributed by atoms with Gasteiger partial charge in [0.2, 0.25) is 0 Å². The van der Waals surface area contributed by atoms with Crippen LogP contribution in [-0.2, 0) is 13.0 Å². The molecule has 3 heteroatoms. The normalized spacial score (nSPS) is 16.4. The van der Waals surface area contributed by atoms with Gasteiger partial charge in [-0.2, -0.15) is 0 Å². The lowest BCUT2D eigenvalue weighted by molar-refractivity contribution is 0.681. The molecule has 13 heavy (non-hydrogen) atoms. The highest BCUT2D eigenvalue weighted by atomic mass is 79.9. The van der Waals surface area contributed by atoms with Gasteiger partial charge in [-0.1, -0.05) is 6.07 Å². The highest BCUT2D eigenvalue weighted by molar-refractivity contribution is 9.10. The fraction of sp³-hybridized carbons (Fsp3) is 0.400. The number of halogens is 1. The van der Waals surface area contributed by atoms with E-state index >= 15 is 0 Å². The quantitative estimate of drug-likeness (QED) is 0.682. The van der Waals surface area contributed by atoms with E-state index in [9.17, 15) is 0 Å². The van der Waals surface area contributed by atoms with Crippen molar-refractivity contribution < 1.29 is 0 Å². The van der Waals surface area contributed by atoms with Crippen molar-refractivity contribution in [3.63, 3.8) is 0 Å². The highest BCUT2D eigenvalue weighted by Crippen LogP contribution is 2.28. The van der Waals surface area contributed by atoms with E-state index in [0.717, 1.165) is 29.7 Å². The maximum absolute atomic E-state index is 5.99. The third kappa shape index (κ3) is 1.71. The maximum atomic E-state index is 5.99. The standard InChI is InChI=1S/C10H13BrN2/c11-9-4-3-7-2-1-5-13-6-8(7)10(9)12/h3-4,13H,1-2,5-6,12H2. The SMILES string of the molecule is Nc1c(Br)ccc2c1CNCCC2. The van der Waals surface area contributed by atoms with Gasteiger partial charge in [-0.15, -0.1) is 0 Å². The number of nitrogen functional groups attached to an aromatic ring is 1. The minimum atomic E-state index is 0.895. The number of hydrogen-bond acceptors (Lipinski definition) is 2. The minimum Gasteiger partial charge on any atom is -0.398 e. The van der Waals surface area contributed by atoms with E-state index in [1.54, 1.807) is 0 Å². The summed E-state index contributed by atoms with van der Waals surface area (Å²) in [6, 6.07) is 4.21. The largest absolute Gasteiger partial charge is 0.398 e. The van der Waals surface area contributed by atoms with Gasteiger partial charge in [0.15, 0.2) is 0 Å². The second kappa shape index (κ2) is 3.68. The first-order valence-electron chi connectivity index (χ1n) is 4.55. The number of nitrogens with one attached hydrogen (secondary N) is 1. The van der Waals surface area contributed by atoms with Gasteiger partial charge in [0, 0.05) is 11.0 Å². The van der Waals surface area contributed by atoms with Crippen molar-refractivity contribution in [1.29, 1.82) is 0 Å². The van der Waals surface area contributed by atoms with Gasteiger partial charge in [-0.05, 0) is 52.5 Å². The summed E-state index contributed by atoms with van der Waals surface area (Å²) in [5.74, 6) is 0. The summed E-state index contributed by atoms with van der Waals surface area (Å²) in [6.07, 6.45) is 2.34. The molecule has 3 N–H and O–H groups in total. The molecule has 1 heterocycles. The molecule has 0 bridgehead atoms. The van der Waals surface area contributed by atoms with E-state index in [1.807, 2.05) is 6.07 Å². The van der Waals surface area contributed by atoms with E-state index < -0.39 is 0 Å². The summed E-state index contributed by atoms with van der Waals surface area (Å²) < 4.78 is 1.01. The average molecular weight is 241 g/mol. The summed E-state index contributed by atoms with van der Waals surface area (Å²) in [7, 11) is 0. The summed E-state index contributed by atoms with van der Waals surface area (Å²) >= 11 is 3.45. The van der Waals surface area contributed by atoms with Crippen LogP contribution in [0.15, 0.2) is 16.6 Å². The lowest BCUT2D eigenvalue weighted by Gasteiger charge is -2.10. The molecule has 1 aromatic carbocycles. The van der Waals surface area contributed by atoms with Crippen molar-refractivity contribution in [1.82, 2.24) is 5.32 Å². The first-order valence-corrected chi connectivity index (χ1v) is 5.35. The number of hydrogen-bond donors (Lipinski definition) is 2. The van der Waals surface area contributed by atoms with Gasteiger partial charge < -0.3 is 11.1 Å². The highest BCUT2D eigenvalue weighted by Gasteiger charge is 2.11. The first-order chi connectivity index (χ1) is 6.29. The maximum Gasteiger partial charge on any atom is 0.0506 e. The molecule has 2 nitrogen and oxygen atoms in total. The van der Waals surface area contributed by atoms with E-state index in [-0.39, 0.29) is 0 Å². The zero-order valence-corrected chi connectivity index (χ0v) is 9.02. The molecule has 1 aromatic rings. The number of rotatable bonds is 0. The Hall–Kier alpha value is -0.540. The molecule has 0 spiro atoms. The fourth-order valence-corrected chi connectivity index (χ4v) is 2.11. The van der Waals surface area contributed by atoms with Crippen molar-refractivity contribution >= 4 is 21.6 Å². The molecule has 0 atom stereocenters. The van der Waals surface area contributed by atoms with Crippen LogP contribution in [0, 0.1) is 0 Å². The summed E-state index contributed by atoms with van der Waals surface area (Å²) in [5.41, 5.74) is 9.55. The molecule has 1 aliphatic rings. The van der Waals surface area contributed by atoms with Gasteiger partial charge >= 0.3 is 0 Å². The Labute approximate surface area is 86.6 Å². The summed E-state index contributed by atoms with van der Waals surface area (Å²) in [5, 5.41) is 3.37. The number of aryl methyl sites for hydroxylation is 1. The number of benzene rings is 1. The fourth-order valence-electron chi connectivity index (χ4n) is 1.74. The van der Waals surface area contributed by atoms with Crippen molar-refractivity contribution in [2.24, 2.45) is 0 Å². The van der Waals surface area contributed by atoms with Gasteiger partial charge in [0.05, 0.1) is 5.69 Å². The lowest BCUT2D eigenvalue weighted by atomic mass is 10.0. The topological polar surface area (TPSA) is 38.0 Å². The zero-order valence-electron chi connectivity index (χ0n) is 7.44. The van der Waals surface area contributed by atoms with Crippen LogP contribution in [0.5, 0.6) is 0 Å². The molecule has 0 aromatic heterocycles. The Bertz CT molecular complexity index is 323. The molecule has 1 aliphatic heterocycles. The van der Waals surface area contributed by atoms with Crippen LogP contribution < -0.4 is 11.1 Å². The molecule has 0 unspecified atom stereocenters. The molecule has 70 valence electrons. The molecular weight excluding hydrogens is 228 g/mol. The smallest absolute Gasteiger partial charge is 0.0506 e. The van der Waals surface area contributed by atoms with Gasteiger partial charge in [-0.3, -0.25) is 0 Å². The van der Waals surface area contributed by atoms with Gasteiger partial charge in [0.25, 0.3) is 0 Å². The van der Waals surface area contributed by atoms with E-state index in [1.165, 1.54) is 17.5 Å². The summed E-state index contributed by atoms with van der Waals surface area (Å²) in [6.45, 7) is 1.99. The monoisotopic (exact) mass is 240 g/mol. The summed E-state index contributed by atoms with van der Waals surface area (Å²) in [4.78, 5) is 0. The van der Waals surface area contributed by atoms with Crippen LogP contribution in [0.25, 0.3) is 0 Å². The van der Waals surface area contributed by atoms with Crippen LogP contribution in [0.2, 0.25) is 0 Å². The Morgan fingerprint density at radius 1 is 1.38 bits per heavy atom. The second-order valence-corrected chi connectivity index (χ2v) is 4.23.